The fourth-order valence-electron chi connectivity index (χ4n) is 2.14. The monoisotopic (exact) mass is 302 g/mol. The number of carbonyl (C=O) groups excluding carboxylic acids is 1. The summed E-state index contributed by atoms with van der Waals surface area (Å²) in [6.45, 7) is 13.8. The summed E-state index contributed by atoms with van der Waals surface area (Å²) in [6, 6.07) is 8.85. The zero-order valence-corrected chi connectivity index (χ0v) is 15.2. The first-order chi connectivity index (χ1) is 10.4. The van der Waals surface area contributed by atoms with Gasteiger partial charge in [-0.1, -0.05) is 83.4 Å². The molecule has 0 fully saturated rings. The van der Waals surface area contributed by atoms with Gasteiger partial charge in [0.05, 0.1) is 0 Å². The highest BCUT2D eigenvalue weighted by Crippen LogP contribution is 2.10. The Morgan fingerprint density at radius 1 is 1.18 bits per heavy atom. The lowest BCUT2D eigenvalue weighted by Crippen LogP contribution is -2.13. The van der Waals surface area contributed by atoms with Gasteiger partial charge in [-0.2, -0.15) is 0 Å². The van der Waals surface area contributed by atoms with Crippen LogP contribution in [0.3, 0.4) is 0 Å². The summed E-state index contributed by atoms with van der Waals surface area (Å²) in [5, 5.41) is 0. The van der Waals surface area contributed by atoms with E-state index in [1.165, 1.54) is 49.3 Å². The molecule has 0 aromatic heterocycles. The molecule has 1 heteroatoms. The predicted octanol–water partition coefficient (Wildman–Crippen LogP) is 6.15. The zero-order chi connectivity index (χ0) is 17.0. The van der Waals surface area contributed by atoms with E-state index >= 15 is 0 Å². The molecule has 1 aromatic carbocycles. The van der Waals surface area contributed by atoms with Crippen molar-refractivity contribution in [3.8, 4) is 0 Å². The van der Waals surface area contributed by atoms with Crippen molar-refractivity contribution in [1.29, 1.82) is 0 Å². The SMILES string of the molecule is C=CC(=O)C(C)C(C)C.CCCCCCc1cccc(C)c1. The van der Waals surface area contributed by atoms with Crippen LogP contribution in [0, 0.1) is 18.8 Å². The van der Waals surface area contributed by atoms with Crippen LogP contribution in [0.1, 0.15) is 64.5 Å². The van der Waals surface area contributed by atoms with E-state index in [0.29, 0.717) is 5.92 Å². The number of benzene rings is 1. The third kappa shape index (κ3) is 9.55. The molecule has 124 valence electrons. The lowest BCUT2D eigenvalue weighted by Gasteiger charge is -2.10. The molecule has 0 amide bonds. The predicted molar refractivity (Wildman–Crippen MR) is 98.2 cm³/mol. The number of ketones is 1. The standard InChI is InChI=1S/C13H20.C8H14O/c1-3-4-5-6-9-13-10-7-8-12(2)11-13;1-5-8(9)7(4)6(2)3/h7-8,10-11H,3-6,9H2,1-2H3;5-7H,1H2,2-4H3. The van der Waals surface area contributed by atoms with Crippen LogP contribution in [0.25, 0.3) is 0 Å². The van der Waals surface area contributed by atoms with Gasteiger partial charge in [-0.05, 0) is 37.3 Å². The molecular formula is C21H34O. The van der Waals surface area contributed by atoms with Crippen LogP contribution in [0.4, 0.5) is 0 Å². The van der Waals surface area contributed by atoms with E-state index in [9.17, 15) is 4.79 Å². The molecule has 0 saturated heterocycles. The van der Waals surface area contributed by atoms with E-state index in [4.69, 9.17) is 0 Å². The maximum absolute atomic E-state index is 10.8. The molecule has 0 radical (unpaired) electrons. The van der Waals surface area contributed by atoms with Crippen molar-refractivity contribution in [2.24, 2.45) is 11.8 Å². The number of unbranched alkanes of at least 4 members (excludes halogenated alkanes) is 3. The molecular weight excluding hydrogens is 268 g/mol. The summed E-state index contributed by atoms with van der Waals surface area (Å²) in [5.41, 5.74) is 2.88. The van der Waals surface area contributed by atoms with Gasteiger partial charge in [0.1, 0.15) is 0 Å². The van der Waals surface area contributed by atoms with Gasteiger partial charge in [-0.15, -0.1) is 0 Å². The number of aryl methyl sites for hydroxylation is 2. The minimum Gasteiger partial charge on any atom is -0.295 e. The summed E-state index contributed by atoms with van der Waals surface area (Å²) >= 11 is 0. The highest BCUT2D eigenvalue weighted by Gasteiger charge is 2.12. The van der Waals surface area contributed by atoms with Crippen LogP contribution in [0.5, 0.6) is 0 Å². The van der Waals surface area contributed by atoms with Gasteiger partial charge < -0.3 is 0 Å². The number of hydrogen-bond acceptors (Lipinski definition) is 1. The van der Waals surface area contributed by atoms with E-state index < -0.39 is 0 Å². The van der Waals surface area contributed by atoms with Crippen molar-refractivity contribution in [2.45, 2.75) is 66.7 Å². The lowest BCUT2D eigenvalue weighted by atomic mass is 9.94. The van der Waals surface area contributed by atoms with Crippen molar-refractivity contribution in [1.82, 2.24) is 0 Å². The van der Waals surface area contributed by atoms with Crippen molar-refractivity contribution < 1.29 is 4.79 Å². The molecule has 0 aliphatic rings. The Kier molecular flexibility index (Phi) is 11.4. The van der Waals surface area contributed by atoms with Gasteiger partial charge >= 0.3 is 0 Å². The summed E-state index contributed by atoms with van der Waals surface area (Å²) in [5.74, 6) is 0.697. The Morgan fingerprint density at radius 3 is 2.32 bits per heavy atom. The lowest BCUT2D eigenvalue weighted by molar-refractivity contribution is -0.118. The molecule has 0 heterocycles. The van der Waals surface area contributed by atoms with Gasteiger partial charge in [-0.3, -0.25) is 4.79 Å². The van der Waals surface area contributed by atoms with E-state index in [-0.39, 0.29) is 11.7 Å². The molecule has 0 saturated carbocycles. The number of rotatable bonds is 8. The second-order valence-electron chi connectivity index (χ2n) is 6.44. The molecule has 0 aliphatic carbocycles. The number of hydrogen-bond donors (Lipinski definition) is 0. The zero-order valence-electron chi connectivity index (χ0n) is 15.2. The first kappa shape index (κ1) is 20.6. The normalized spacial score (nSPS) is 11.5. The Hall–Kier alpha value is -1.37. The van der Waals surface area contributed by atoms with E-state index in [1.54, 1.807) is 0 Å². The minimum absolute atomic E-state index is 0.127. The summed E-state index contributed by atoms with van der Waals surface area (Å²) < 4.78 is 0. The summed E-state index contributed by atoms with van der Waals surface area (Å²) in [4.78, 5) is 10.8. The molecule has 1 atom stereocenters. The van der Waals surface area contributed by atoms with E-state index in [1.807, 2.05) is 20.8 Å². The van der Waals surface area contributed by atoms with Gasteiger partial charge in [0.2, 0.25) is 0 Å². The second-order valence-corrected chi connectivity index (χ2v) is 6.44. The fourth-order valence-corrected chi connectivity index (χ4v) is 2.14. The van der Waals surface area contributed by atoms with Crippen LogP contribution in [0.2, 0.25) is 0 Å². The van der Waals surface area contributed by atoms with Crippen LogP contribution in [0.15, 0.2) is 36.9 Å². The van der Waals surface area contributed by atoms with Gasteiger partial charge in [0.25, 0.3) is 0 Å². The molecule has 1 aromatic rings. The maximum atomic E-state index is 10.8. The summed E-state index contributed by atoms with van der Waals surface area (Å²) in [7, 11) is 0. The van der Waals surface area contributed by atoms with Crippen LogP contribution in [-0.2, 0) is 11.2 Å². The van der Waals surface area contributed by atoms with Crippen molar-refractivity contribution >= 4 is 5.78 Å². The molecule has 0 spiro atoms. The van der Waals surface area contributed by atoms with Gasteiger partial charge in [-0.25, -0.2) is 0 Å². The van der Waals surface area contributed by atoms with Crippen LogP contribution in [-0.4, -0.2) is 5.78 Å². The van der Waals surface area contributed by atoms with Gasteiger partial charge in [0, 0.05) is 5.92 Å². The molecule has 1 nitrogen and oxygen atoms in total. The van der Waals surface area contributed by atoms with Gasteiger partial charge in [0.15, 0.2) is 5.78 Å². The first-order valence-corrected chi connectivity index (χ1v) is 8.64. The second kappa shape index (κ2) is 12.2. The Balaban J connectivity index is 0.000000433. The highest BCUT2D eigenvalue weighted by atomic mass is 16.1. The molecule has 22 heavy (non-hydrogen) atoms. The quantitative estimate of drug-likeness (QED) is 0.415. The van der Waals surface area contributed by atoms with Crippen LogP contribution >= 0.6 is 0 Å². The third-order valence-corrected chi connectivity index (χ3v) is 4.05. The van der Waals surface area contributed by atoms with Crippen molar-refractivity contribution in [2.75, 3.05) is 0 Å². The summed E-state index contributed by atoms with van der Waals surface area (Å²) in [6.07, 6.45) is 8.08. The Labute approximate surface area is 137 Å². The fraction of sp³-hybridized carbons (Fsp3) is 0.571. The van der Waals surface area contributed by atoms with Crippen LogP contribution < -0.4 is 0 Å². The van der Waals surface area contributed by atoms with E-state index in [0.717, 1.165) is 0 Å². The molecule has 1 unspecified atom stereocenters. The average molecular weight is 303 g/mol. The van der Waals surface area contributed by atoms with E-state index in [2.05, 4.69) is 44.7 Å². The molecule has 0 aliphatic heterocycles. The van der Waals surface area contributed by atoms with Crippen molar-refractivity contribution in [3.63, 3.8) is 0 Å². The Morgan fingerprint density at radius 2 is 1.86 bits per heavy atom. The molecule has 1 rings (SSSR count). The maximum Gasteiger partial charge on any atom is 0.158 e. The largest absolute Gasteiger partial charge is 0.295 e. The number of allylic oxidation sites excluding steroid dienone is 1. The smallest absolute Gasteiger partial charge is 0.158 e. The molecule has 0 N–H and O–H groups in total. The number of carbonyl (C=O) groups is 1. The average Bonchev–Trinajstić information content (AvgIpc) is 2.50. The minimum atomic E-state index is 0.127. The molecule has 0 bridgehead atoms. The van der Waals surface area contributed by atoms with Crippen molar-refractivity contribution in [3.05, 3.63) is 48.0 Å². The Bertz CT molecular complexity index is 431. The highest BCUT2D eigenvalue weighted by molar-refractivity contribution is 5.91. The third-order valence-electron chi connectivity index (χ3n) is 4.05. The first-order valence-electron chi connectivity index (χ1n) is 8.64. The topological polar surface area (TPSA) is 17.1 Å².